The highest BCUT2D eigenvalue weighted by atomic mass is 15.0. The Bertz CT molecular complexity index is 1710. The van der Waals surface area contributed by atoms with Gasteiger partial charge in [0.05, 0.1) is 27.8 Å². The van der Waals surface area contributed by atoms with Crippen molar-refractivity contribution in [1.82, 2.24) is 4.57 Å². The zero-order valence-electron chi connectivity index (χ0n) is 18.2. The van der Waals surface area contributed by atoms with Gasteiger partial charge in [0.25, 0.3) is 0 Å². The molecule has 0 bridgehead atoms. The summed E-state index contributed by atoms with van der Waals surface area (Å²) in [5.41, 5.74) is 6.19. The number of nitrogens with zero attached hydrogens (tertiary/aromatic N) is 7. The van der Waals surface area contributed by atoms with Gasteiger partial charge in [-0.25, -0.2) is 9.98 Å². The van der Waals surface area contributed by atoms with E-state index in [2.05, 4.69) is 0 Å². The smallest absolute Gasteiger partial charge is 0.151 e. The fourth-order valence-electron chi connectivity index (χ4n) is 4.58. The van der Waals surface area contributed by atoms with Crippen LogP contribution in [0.25, 0.3) is 16.8 Å². The molecule has 0 amide bonds. The van der Waals surface area contributed by atoms with Crippen LogP contribution in [0.15, 0.2) is 81.3 Å². The Morgan fingerprint density at radius 1 is 0.765 bits per heavy atom. The van der Waals surface area contributed by atoms with Crippen LogP contribution in [-0.2, 0) is 12.8 Å². The minimum atomic E-state index is -0.0145. The first-order chi connectivity index (χ1) is 16.6. The number of benzene rings is 2. The van der Waals surface area contributed by atoms with E-state index in [-0.39, 0.29) is 11.1 Å². The number of rotatable bonds is 2. The van der Waals surface area contributed by atoms with Crippen LogP contribution in [0, 0.1) is 52.2 Å². The van der Waals surface area contributed by atoms with Gasteiger partial charge in [-0.1, -0.05) is 24.3 Å². The Morgan fingerprint density at radius 2 is 1.32 bits per heavy atom. The molecule has 2 aliphatic heterocycles. The molecule has 2 aliphatic rings. The lowest BCUT2D eigenvalue weighted by molar-refractivity contribution is 1.01. The van der Waals surface area contributed by atoms with E-state index in [1.807, 2.05) is 84.6 Å². The van der Waals surface area contributed by atoms with Crippen LogP contribution >= 0.6 is 0 Å². The molecule has 0 saturated carbocycles. The van der Waals surface area contributed by atoms with E-state index in [1.165, 1.54) is 0 Å². The highest BCUT2D eigenvalue weighted by Crippen LogP contribution is 2.33. The molecule has 1 aromatic heterocycles. The van der Waals surface area contributed by atoms with E-state index in [0.717, 1.165) is 33.5 Å². The maximum Gasteiger partial charge on any atom is 0.151 e. The predicted molar refractivity (Wildman–Crippen MR) is 122 cm³/mol. The molecule has 0 atom stereocenters. The molecule has 5 rings (SSSR count). The van der Waals surface area contributed by atoms with Gasteiger partial charge in [0.15, 0.2) is 11.1 Å². The summed E-state index contributed by atoms with van der Waals surface area (Å²) >= 11 is 0. The van der Waals surface area contributed by atoms with Crippen molar-refractivity contribution < 1.29 is 0 Å². The van der Waals surface area contributed by atoms with Gasteiger partial charge >= 0.3 is 0 Å². The number of allylic oxidation sites excluding steroid dienone is 4. The summed E-state index contributed by atoms with van der Waals surface area (Å²) in [6.07, 6.45) is 4.42. The van der Waals surface area contributed by atoms with E-state index >= 15 is 0 Å². The maximum absolute atomic E-state index is 9.48. The van der Waals surface area contributed by atoms with Crippen molar-refractivity contribution in [2.75, 3.05) is 0 Å². The Labute approximate surface area is 195 Å². The largest absolute Gasteiger partial charge is 0.322 e. The van der Waals surface area contributed by atoms with Gasteiger partial charge < -0.3 is 4.57 Å². The third kappa shape index (κ3) is 3.01. The molecule has 0 aliphatic carbocycles. The van der Waals surface area contributed by atoms with Crippen LogP contribution in [0.1, 0.15) is 16.7 Å². The molecule has 0 fully saturated rings. The van der Waals surface area contributed by atoms with Gasteiger partial charge in [-0.3, -0.25) is 0 Å². The fourth-order valence-corrected chi connectivity index (χ4v) is 4.58. The van der Waals surface area contributed by atoms with Crippen molar-refractivity contribution in [2.45, 2.75) is 19.8 Å². The molecule has 0 spiro atoms. The summed E-state index contributed by atoms with van der Waals surface area (Å²) in [5.74, 6) is 0. The molecule has 7 heteroatoms. The SMILES string of the molecule is Cc1ccccc1-c1c2c(c(-n3cccc3)c3c1=NC(=C(C#N)C#N)C3)=NC(=C(C#N)C#N)C2. The van der Waals surface area contributed by atoms with Crippen LogP contribution in [0.5, 0.6) is 0 Å². The standard InChI is InChI=1S/C27H15N7/c1-16-6-2-3-7-19(16)24-20-10-22(17(12-28)13-29)33-26(20)27(34-8-4-5-9-34)21-11-23(32-25(21)24)18(14-30)15-31/h2-9H,10-11H2,1H3. The van der Waals surface area contributed by atoms with E-state index in [1.54, 1.807) is 0 Å². The highest BCUT2D eigenvalue weighted by Gasteiger charge is 2.30. The third-order valence-corrected chi connectivity index (χ3v) is 6.10. The summed E-state index contributed by atoms with van der Waals surface area (Å²) < 4.78 is 1.93. The first-order valence-corrected chi connectivity index (χ1v) is 10.5. The van der Waals surface area contributed by atoms with Gasteiger partial charge in [-0.05, 0) is 35.7 Å². The Morgan fingerprint density at radius 3 is 1.91 bits per heavy atom. The molecule has 3 aromatic rings. The summed E-state index contributed by atoms with van der Waals surface area (Å²) in [5, 5.41) is 39.3. The number of hydrogen-bond acceptors (Lipinski definition) is 6. The van der Waals surface area contributed by atoms with Crippen LogP contribution in [0.3, 0.4) is 0 Å². The van der Waals surface area contributed by atoms with Gasteiger partial charge in [-0.15, -0.1) is 0 Å². The van der Waals surface area contributed by atoms with Crippen molar-refractivity contribution >= 4 is 0 Å². The molecule has 7 nitrogen and oxygen atoms in total. The van der Waals surface area contributed by atoms with Crippen molar-refractivity contribution in [3.05, 3.63) is 98.7 Å². The summed E-state index contributed by atoms with van der Waals surface area (Å²) in [4.78, 5) is 9.58. The molecule has 2 aromatic carbocycles. The zero-order chi connectivity index (χ0) is 23.8. The second kappa shape index (κ2) is 8.03. The molecule has 0 radical (unpaired) electrons. The molecular weight excluding hydrogens is 422 g/mol. The van der Waals surface area contributed by atoms with Gasteiger partial charge in [0.1, 0.15) is 24.3 Å². The monoisotopic (exact) mass is 437 g/mol. The summed E-state index contributed by atoms with van der Waals surface area (Å²) in [6, 6.07) is 19.6. The van der Waals surface area contributed by atoms with Gasteiger partial charge in [0, 0.05) is 36.4 Å². The first-order valence-electron chi connectivity index (χ1n) is 10.5. The molecule has 3 heterocycles. The Hall–Kier alpha value is -5.24. The minimum Gasteiger partial charge on any atom is -0.322 e. The highest BCUT2D eigenvalue weighted by molar-refractivity contribution is 5.75. The van der Waals surface area contributed by atoms with Crippen LogP contribution in [0.2, 0.25) is 0 Å². The van der Waals surface area contributed by atoms with Crippen LogP contribution in [0.4, 0.5) is 0 Å². The van der Waals surface area contributed by atoms with Crippen molar-refractivity contribution in [2.24, 2.45) is 9.98 Å². The number of fused-ring (bicyclic) bond motifs is 2. The second-order valence-corrected chi connectivity index (χ2v) is 7.95. The molecular formula is C27H15N7. The number of hydrogen-bond donors (Lipinski definition) is 0. The Kier molecular flexibility index (Phi) is 4.88. The number of nitriles is 4. The maximum atomic E-state index is 9.48. The molecule has 34 heavy (non-hydrogen) atoms. The van der Waals surface area contributed by atoms with Crippen LogP contribution < -0.4 is 10.7 Å². The average Bonchev–Trinajstić information content (AvgIpc) is 3.60. The number of aryl methyl sites for hydroxylation is 1. The van der Waals surface area contributed by atoms with E-state index in [4.69, 9.17) is 9.98 Å². The van der Waals surface area contributed by atoms with E-state index in [0.29, 0.717) is 35.0 Å². The van der Waals surface area contributed by atoms with E-state index in [9.17, 15) is 21.0 Å². The predicted octanol–water partition coefficient (Wildman–Crippen LogP) is 3.41. The second-order valence-electron chi connectivity index (χ2n) is 7.95. The number of aromatic nitrogens is 1. The normalized spacial score (nSPS) is 12.9. The van der Waals surface area contributed by atoms with E-state index < -0.39 is 0 Å². The summed E-state index contributed by atoms with van der Waals surface area (Å²) in [7, 11) is 0. The van der Waals surface area contributed by atoms with Crippen molar-refractivity contribution in [3.8, 4) is 41.1 Å². The minimum absolute atomic E-state index is 0.0145. The average molecular weight is 437 g/mol. The van der Waals surface area contributed by atoms with Crippen molar-refractivity contribution in [3.63, 3.8) is 0 Å². The van der Waals surface area contributed by atoms with Crippen molar-refractivity contribution in [1.29, 1.82) is 21.0 Å². The van der Waals surface area contributed by atoms with Crippen LogP contribution in [-0.4, -0.2) is 4.57 Å². The lowest BCUT2D eigenvalue weighted by Gasteiger charge is -2.15. The summed E-state index contributed by atoms with van der Waals surface area (Å²) in [6.45, 7) is 2.01. The quantitative estimate of drug-likeness (QED) is 0.570. The molecule has 0 unspecified atom stereocenters. The van der Waals surface area contributed by atoms with Gasteiger partial charge in [0.2, 0.25) is 0 Å². The third-order valence-electron chi connectivity index (χ3n) is 6.10. The fraction of sp³-hybridized carbons (Fsp3) is 0.111. The Balaban J connectivity index is 1.99. The first kappa shape index (κ1) is 20.7. The lowest BCUT2D eigenvalue weighted by Crippen LogP contribution is -2.25. The molecule has 0 N–H and O–H groups in total. The molecule has 158 valence electrons. The molecule has 0 saturated heterocycles. The van der Waals surface area contributed by atoms with Gasteiger partial charge in [-0.2, -0.15) is 21.0 Å². The zero-order valence-corrected chi connectivity index (χ0v) is 18.2. The lowest BCUT2D eigenvalue weighted by atomic mass is 9.90. The topological polar surface area (TPSA) is 125 Å².